The summed E-state index contributed by atoms with van der Waals surface area (Å²) in [7, 11) is 0. The van der Waals surface area contributed by atoms with Crippen LogP contribution in [0.5, 0.6) is 0 Å². The summed E-state index contributed by atoms with van der Waals surface area (Å²) < 4.78 is 6.90. The van der Waals surface area contributed by atoms with E-state index in [1.165, 1.54) is 12.0 Å². The molecule has 0 radical (unpaired) electrons. The van der Waals surface area contributed by atoms with E-state index in [-0.39, 0.29) is 12.1 Å². The molecular weight excluding hydrogens is 254 g/mol. The number of hydrogen-bond donors (Lipinski definition) is 1. The van der Waals surface area contributed by atoms with E-state index in [1.807, 2.05) is 12.1 Å². The van der Waals surface area contributed by atoms with Gasteiger partial charge in [-0.15, -0.1) is 0 Å². The van der Waals surface area contributed by atoms with Gasteiger partial charge >= 0.3 is 0 Å². The van der Waals surface area contributed by atoms with E-state index >= 15 is 0 Å². The van der Waals surface area contributed by atoms with Gasteiger partial charge in [-0.2, -0.15) is 0 Å². The highest BCUT2D eigenvalue weighted by Crippen LogP contribution is 2.21. The molecule has 0 heterocycles. The minimum Gasteiger partial charge on any atom is -0.372 e. The molecule has 1 aromatic rings. The van der Waals surface area contributed by atoms with Gasteiger partial charge < -0.3 is 10.5 Å². The normalized spacial score (nSPS) is 25.7. The summed E-state index contributed by atoms with van der Waals surface area (Å²) in [5, 5.41) is 0. The van der Waals surface area contributed by atoms with Gasteiger partial charge in [-0.1, -0.05) is 28.1 Å². The van der Waals surface area contributed by atoms with Gasteiger partial charge in [0, 0.05) is 10.5 Å². The largest absolute Gasteiger partial charge is 0.372 e. The fourth-order valence-electron chi connectivity index (χ4n) is 1.95. The minimum absolute atomic E-state index is 0.237. The number of benzene rings is 1. The number of hydrogen-bond acceptors (Lipinski definition) is 2. The Kier molecular flexibility index (Phi) is 3.78. The number of halogens is 1. The summed E-state index contributed by atoms with van der Waals surface area (Å²) in [6.07, 6.45) is 3.67. The third-order valence-electron chi connectivity index (χ3n) is 2.88. The average molecular weight is 270 g/mol. The summed E-state index contributed by atoms with van der Waals surface area (Å²) in [4.78, 5) is 0. The van der Waals surface area contributed by atoms with E-state index in [1.54, 1.807) is 0 Å². The Labute approximate surface area is 98.9 Å². The third kappa shape index (κ3) is 3.03. The van der Waals surface area contributed by atoms with Gasteiger partial charge in [0.25, 0.3) is 0 Å². The van der Waals surface area contributed by atoms with E-state index in [0.717, 1.165) is 17.3 Å². The summed E-state index contributed by atoms with van der Waals surface area (Å²) in [5.74, 6) is 0. The Hall–Kier alpha value is -0.380. The SMILES string of the molecule is N[C@H]1CCCC1OCc1ccc(Br)cc1. The lowest BCUT2D eigenvalue weighted by molar-refractivity contribution is 0.0357. The molecule has 0 spiro atoms. The maximum absolute atomic E-state index is 5.93. The predicted molar refractivity (Wildman–Crippen MR) is 64.5 cm³/mol. The van der Waals surface area contributed by atoms with Crippen LogP contribution in [0.25, 0.3) is 0 Å². The van der Waals surface area contributed by atoms with Gasteiger partial charge in [-0.3, -0.25) is 0 Å². The predicted octanol–water partition coefficient (Wildman–Crippen LogP) is 2.85. The lowest BCUT2D eigenvalue weighted by atomic mass is 10.2. The smallest absolute Gasteiger partial charge is 0.0730 e. The lowest BCUT2D eigenvalue weighted by Crippen LogP contribution is -2.31. The highest BCUT2D eigenvalue weighted by atomic mass is 79.9. The standard InChI is InChI=1S/C12H16BrNO/c13-10-6-4-9(5-7-10)8-15-12-3-1-2-11(12)14/h4-7,11-12H,1-3,8,14H2/t11-,12?/m0/s1. The van der Waals surface area contributed by atoms with Gasteiger partial charge in [0.05, 0.1) is 12.7 Å². The molecule has 0 saturated heterocycles. The summed E-state index contributed by atoms with van der Waals surface area (Å²) >= 11 is 3.41. The van der Waals surface area contributed by atoms with Crippen molar-refractivity contribution in [1.29, 1.82) is 0 Å². The highest BCUT2D eigenvalue weighted by Gasteiger charge is 2.24. The van der Waals surface area contributed by atoms with E-state index in [0.29, 0.717) is 6.61 Å². The first kappa shape index (κ1) is 11.1. The Morgan fingerprint density at radius 3 is 2.60 bits per heavy atom. The van der Waals surface area contributed by atoms with Gasteiger partial charge in [0.1, 0.15) is 0 Å². The molecule has 2 atom stereocenters. The molecule has 2 nitrogen and oxygen atoms in total. The van der Waals surface area contributed by atoms with Crippen molar-refractivity contribution in [3.63, 3.8) is 0 Å². The van der Waals surface area contributed by atoms with Crippen molar-refractivity contribution >= 4 is 15.9 Å². The molecule has 0 aromatic heterocycles. The van der Waals surface area contributed by atoms with E-state index in [9.17, 15) is 0 Å². The molecule has 82 valence electrons. The molecule has 1 saturated carbocycles. The molecule has 0 bridgehead atoms. The summed E-state index contributed by atoms with van der Waals surface area (Å²) in [5.41, 5.74) is 7.14. The van der Waals surface area contributed by atoms with Crippen molar-refractivity contribution in [1.82, 2.24) is 0 Å². The molecule has 2 rings (SSSR count). The number of rotatable bonds is 3. The van der Waals surface area contributed by atoms with E-state index < -0.39 is 0 Å². The molecule has 1 aromatic carbocycles. The topological polar surface area (TPSA) is 35.2 Å². The maximum Gasteiger partial charge on any atom is 0.0730 e. The van der Waals surface area contributed by atoms with Crippen LogP contribution in [-0.2, 0) is 11.3 Å². The molecule has 1 fully saturated rings. The average Bonchev–Trinajstić information content (AvgIpc) is 2.63. The molecule has 1 aliphatic carbocycles. The van der Waals surface area contributed by atoms with Crippen molar-refractivity contribution in [2.75, 3.05) is 0 Å². The van der Waals surface area contributed by atoms with Gasteiger partial charge in [0.15, 0.2) is 0 Å². The van der Waals surface area contributed by atoms with Crippen LogP contribution in [0.15, 0.2) is 28.7 Å². The van der Waals surface area contributed by atoms with Crippen LogP contribution >= 0.6 is 15.9 Å². The number of nitrogens with two attached hydrogens (primary N) is 1. The van der Waals surface area contributed by atoms with Crippen LogP contribution in [0.2, 0.25) is 0 Å². The zero-order valence-corrected chi connectivity index (χ0v) is 10.2. The fourth-order valence-corrected chi connectivity index (χ4v) is 2.21. The Morgan fingerprint density at radius 2 is 2.00 bits per heavy atom. The van der Waals surface area contributed by atoms with Crippen molar-refractivity contribution < 1.29 is 4.74 Å². The van der Waals surface area contributed by atoms with Crippen LogP contribution in [0.3, 0.4) is 0 Å². The van der Waals surface area contributed by atoms with Crippen LogP contribution in [0.1, 0.15) is 24.8 Å². The van der Waals surface area contributed by atoms with Crippen molar-refractivity contribution in [2.24, 2.45) is 5.73 Å². The summed E-state index contributed by atoms with van der Waals surface area (Å²) in [6, 6.07) is 8.45. The third-order valence-corrected chi connectivity index (χ3v) is 3.41. The molecule has 3 heteroatoms. The first-order valence-corrected chi connectivity index (χ1v) is 6.16. The first-order chi connectivity index (χ1) is 7.25. The van der Waals surface area contributed by atoms with Gasteiger partial charge in [-0.05, 0) is 37.0 Å². The zero-order chi connectivity index (χ0) is 10.7. The minimum atomic E-state index is 0.237. The van der Waals surface area contributed by atoms with Crippen LogP contribution in [-0.4, -0.2) is 12.1 Å². The second kappa shape index (κ2) is 5.10. The molecule has 0 amide bonds. The monoisotopic (exact) mass is 269 g/mol. The van der Waals surface area contributed by atoms with Crippen molar-refractivity contribution in [3.8, 4) is 0 Å². The molecular formula is C12H16BrNO. The lowest BCUT2D eigenvalue weighted by Gasteiger charge is -2.16. The molecule has 0 aliphatic heterocycles. The molecule has 2 N–H and O–H groups in total. The second-order valence-electron chi connectivity index (χ2n) is 4.07. The van der Waals surface area contributed by atoms with E-state index in [2.05, 4.69) is 28.1 Å². The molecule has 1 aliphatic rings. The van der Waals surface area contributed by atoms with Crippen LogP contribution < -0.4 is 5.73 Å². The quantitative estimate of drug-likeness (QED) is 0.916. The van der Waals surface area contributed by atoms with Crippen LogP contribution in [0, 0.1) is 0 Å². The Morgan fingerprint density at radius 1 is 1.27 bits per heavy atom. The zero-order valence-electron chi connectivity index (χ0n) is 8.66. The van der Waals surface area contributed by atoms with Crippen LogP contribution in [0.4, 0.5) is 0 Å². The van der Waals surface area contributed by atoms with Gasteiger partial charge in [0.2, 0.25) is 0 Å². The number of ether oxygens (including phenoxy) is 1. The van der Waals surface area contributed by atoms with E-state index in [4.69, 9.17) is 10.5 Å². The van der Waals surface area contributed by atoms with Crippen molar-refractivity contribution in [2.45, 2.75) is 38.0 Å². The second-order valence-corrected chi connectivity index (χ2v) is 4.99. The Balaban J connectivity index is 1.85. The molecule has 15 heavy (non-hydrogen) atoms. The summed E-state index contributed by atoms with van der Waals surface area (Å²) in [6.45, 7) is 0.672. The maximum atomic E-state index is 5.93. The van der Waals surface area contributed by atoms with Crippen molar-refractivity contribution in [3.05, 3.63) is 34.3 Å². The van der Waals surface area contributed by atoms with Gasteiger partial charge in [-0.25, -0.2) is 0 Å². The first-order valence-electron chi connectivity index (χ1n) is 5.37. The highest BCUT2D eigenvalue weighted by molar-refractivity contribution is 9.10. The fraction of sp³-hybridized carbons (Fsp3) is 0.500. The Bertz CT molecular complexity index is 312. The molecule has 1 unspecified atom stereocenters.